The van der Waals surface area contributed by atoms with Crippen LogP contribution in [0.15, 0.2) is 12.2 Å². The van der Waals surface area contributed by atoms with Gasteiger partial charge in [0, 0.05) is 12.3 Å². The Morgan fingerprint density at radius 3 is 2.36 bits per heavy atom. The van der Waals surface area contributed by atoms with E-state index in [9.17, 15) is 9.90 Å². The maximum Gasteiger partial charge on any atom is 0.138 e. The molecule has 0 aromatic heterocycles. The van der Waals surface area contributed by atoms with Crippen LogP contribution in [0.1, 0.15) is 27.2 Å². The van der Waals surface area contributed by atoms with Gasteiger partial charge in [0.1, 0.15) is 5.78 Å². The van der Waals surface area contributed by atoms with Gasteiger partial charge in [0.15, 0.2) is 0 Å². The van der Waals surface area contributed by atoms with Crippen molar-refractivity contribution < 1.29 is 9.90 Å². The lowest BCUT2D eigenvalue weighted by Gasteiger charge is -2.16. The average Bonchev–Trinajstić information content (AvgIpc) is 2.00. The predicted octanol–water partition coefficient (Wildman–Crippen LogP) is 1.54. The van der Waals surface area contributed by atoms with Gasteiger partial charge in [-0.1, -0.05) is 26.0 Å². The van der Waals surface area contributed by atoms with E-state index in [1.165, 1.54) is 0 Å². The molecular weight excluding hydrogens is 140 g/mol. The highest BCUT2D eigenvalue weighted by Gasteiger charge is 2.20. The third-order valence-electron chi connectivity index (χ3n) is 1.83. The Balaban J connectivity index is 4.12. The molecule has 11 heavy (non-hydrogen) atoms. The van der Waals surface area contributed by atoms with Gasteiger partial charge in [0.2, 0.25) is 0 Å². The molecule has 0 rings (SSSR count). The zero-order valence-corrected chi connectivity index (χ0v) is 7.42. The molecule has 0 saturated heterocycles. The van der Waals surface area contributed by atoms with Gasteiger partial charge in [-0.25, -0.2) is 0 Å². The Bertz CT molecular complexity index is 161. The molecule has 64 valence electrons. The monoisotopic (exact) mass is 156 g/mol. The fourth-order valence-corrected chi connectivity index (χ4v) is 0.925. The van der Waals surface area contributed by atoms with Crippen LogP contribution in [0.4, 0.5) is 0 Å². The van der Waals surface area contributed by atoms with Crippen LogP contribution >= 0.6 is 0 Å². The highest BCUT2D eigenvalue weighted by atomic mass is 16.3. The lowest BCUT2D eigenvalue weighted by atomic mass is 9.94. The van der Waals surface area contributed by atoms with Crippen molar-refractivity contribution in [1.29, 1.82) is 0 Å². The van der Waals surface area contributed by atoms with E-state index < -0.39 is 6.10 Å². The number of ketones is 1. The van der Waals surface area contributed by atoms with Gasteiger partial charge in [0.25, 0.3) is 0 Å². The summed E-state index contributed by atoms with van der Waals surface area (Å²) in [5, 5.41) is 9.38. The summed E-state index contributed by atoms with van der Waals surface area (Å²) < 4.78 is 0. The lowest BCUT2D eigenvalue weighted by molar-refractivity contribution is -0.124. The number of hydrogen-bond donors (Lipinski definition) is 1. The van der Waals surface area contributed by atoms with Crippen molar-refractivity contribution in [3.8, 4) is 0 Å². The largest absolute Gasteiger partial charge is 0.388 e. The number of carbonyl (C=O) groups is 1. The quantitative estimate of drug-likeness (QED) is 0.627. The van der Waals surface area contributed by atoms with Gasteiger partial charge >= 0.3 is 0 Å². The lowest BCUT2D eigenvalue weighted by Crippen LogP contribution is -2.25. The second-order valence-corrected chi connectivity index (χ2v) is 2.90. The molecule has 2 heteroatoms. The van der Waals surface area contributed by atoms with Gasteiger partial charge in [-0.2, -0.15) is 0 Å². The van der Waals surface area contributed by atoms with Crippen LogP contribution in [-0.2, 0) is 4.79 Å². The summed E-state index contributed by atoms with van der Waals surface area (Å²) in [5.41, 5.74) is 0.652. The third kappa shape index (κ3) is 2.85. The molecule has 0 spiro atoms. The van der Waals surface area contributed by atoms with Gasteiger partial charge < -0.3 is 5.11 Å². The minimum atomic E-state index is -0.678. The van der Waals surface area contributed by atoms with Crippen LogP contribution in [0.25, 0.3) is 0 Å². The first-order valence-corrected chi connectivity index (χ1v) is 3.86. The van der Waals surface area contributed by atoms with E-state index in [0.29, 0.717) is 12.0 Å². The number of Topliss-reactive ketones (excluding diaryl/α,β-unsaturated/α-hetero) is 1. The summed E-state index contributed by atoms with van der Waals surface area (Å²) in [6.45, 7) is 8.84. The molecule has 0 aromatic carbocycles. The maximum atomic E-state index is 11.1. The van der Waals surface area contributed by atoms with Crippen LogP contribution in [0.3, 0.4) is 0 Å². The van der Waals surface area contributed by atoms with Crippen molar-refractivity contribution in [1.82, 2.24) is 0 Å². The van der Waals surface area contributed by atoms with Crippen LogP contribution in [0.5, 0.6) is 0 Å². The van der Waals surface area contributed by atoms with Gasteiger partial charge in [-0.05, 0) is 6.92 Å². The molecule has 0 aromatic rings. The number of hydrogen-bond acceptors (Lipinski definition) is 2. The first kappa shape index (κ1) is 10.4. The second-order valence-electron chi connectivity index (χ2n) is 2.90. The molecule has 0 saturated carbocycles. The summed E-state index contributed by atoms with van der Waals surface area (Å²) in [7, 11) is 0. The number of aliphatic hydroxyl groups is 1. The number of aliphatic hydroxyl groups excluding tert-OH is 1. The van der Waals surface area contributed by atoms with Crippen molar-refractivity contribution in [3.05, 3.63) is 12.2 Å². The average molecular weight is 156 g/mol. The second kappa shape index (κ2) is 4.29. The van der Waals surface area contributed by atoms with E-state index in [-0.39, 0.29) is 11.7 Å². The van der Waals surface area contributed by atoms with Crippen molar-refractivity contribution in [3.63, 3.8) is 0 Å². The standard InChI is InChI=1S/C9H16O2/c1-5-8(10)7(4)9(11)6(2)3/h7,9,11H,2,5H2,1,3-4H3/t7-,9-/m1/s1. The van der Waals surface area contributed by atoms with Crippen LogP contribution < -0.4 is 0 Å². The molecule has 0 aliphatic heterocycles. The first-order chi connectivity index (χ1) is 5.00. The van der Waals surface area contributed by atoms with E-state index in [4.69, 9.17) is 0 Å². The van der Waals surface area contributed by atoms with Crippen LogP contribution in [0, 0.1) is 5.92 Å². The Hall–Kier alpha value is -0.630. The Morgan fingerprint density at radius 2 is 2.09 bits per heavy atom. The SMILES string of the molecule is C=C(C)[C@@H](O)[C@H](C)C(=O)CC. The number of carbonyl (C=O) groups excluding carboxylic acids is 1. The summed E-state index contributed by atoms with van der Waals surface area (Å²) >= 11 is 0. The van der Waals surface area contributed by atoms with Crippen molar-refractivity contribution >= 4 is 5.78 Å². The van der Waals surface area contributed by atoms with Crippen molar-refractivity contribution in [2.75, 3.05) is 0 Å². The summed E-state index contributed by atoms with van der Waals surface area (Å²) in [6.07, 6.45) is -0.201. The third-order valence-corrected chi connectivity index (χ3v) is 1.83. The molecule has 2 nitrogen and oxygen atoms in total. The molecule has 0 bridgehead atoms. The molecule has 0 fully saturated rings. The predicted molar refractivity (Wildman–Crippen MR) is 45.3 cm³/mol. The molecule has 2 atom stereocenters. The van der Waals surface area contributed by atoms with Gasteiger partial charge in [0.05, 0.1) is 6.10 Å². The zero-order valence-electron chi connectivity index (χ0n) is 7.42. The van der Waals surface area contributed by atoms with E-state index >= 15 is 0 Å². The fraction of sp³-hybridized carbons (Fsp3) is 0.667. The minimum absolute atomic E-state index is 0.0838. The van der Waals surface area contributed by atoms with Crippen molar-refractivity contribution in [2.45, 2.75) is 33.3 Å². The van der Waals surface area contributed by atoms with Crippen LogP contribution in [-0.4, -0.2) is 17.0 Å². The molecule has 0 radical (unpaired) electrons. The van der Waals surface area contributed by atoms with Gasteiger partial charge in [-0.3, -0.25) is 4.79 Å². The topological polar surface area (TPSA) is 37.3 Å². The molecular formula is C9H16O2. The molecule has 1 N–H and O–H groups in total. The maximum absolute atomic E-state index is 11.1. The Kier molecular flexibility index (Phi) is 4.04. The Morgan fingerprint density at radius 1 is 1.64 bits per heavy atom. The number of rotatable bonds is 4. The van der Waals surface area contributed by atoms with Crippen LogP contribution in [0.2, 0.25) is 0 Å². The molecule has 0 aliphatic carbocycles. The Labute approximate surface area is 67.9 Å². The molecule has 0 aliphatic rings. The molecule has 0 unspecified atom stereocenters. The molecule has 0 heterocycles. The highest BCUT2D eigenvalue weighted by Crippen LogP contribution is 2.12. The zero-order chi connectivity index (χ0) is 9.02. The summed E-state index contributed by atoms with van der Waals surface area (Å²) in [6, 6.07) is 0. The summed E-state index contributed by atoms with van der Waals surface area (Å²) in [4.78, 5) is 11.1. The highest BCUT2D eigenvalue weighted by molar-refractivity contribution is 5.81. The summed E-state index contributed by atoms with van der Waals surface area (Å²) in [5.74, 6) is -0.224. The van der Waals surface area contributed by atoms with Crippen molar-refractivity contribution in [2.24, 2.45) is 5.92 Å². The fourth-order valence-electron chi connectivity index (χ4n) is 0.925. The van der Waals surface area contributed by atoms with E-state index in [2.05, 4.69) is 6.58 Å². The van der Waals surface area contributed by atoms with Gasteiger partial charge in [-0.15, -0.1) is 0 Å². The van der Waals surface area contributed by atoms with E-state index in [1.807, 2.05) is 0 Å². The van der Waals surface area contributed by atoms with E-state index in [1.54, 1.807) is 20.8 Å². The smallest absolute Gasteiger partial charge is 0.138 e. The van der Waals surface area contributed by atoms with E-state index in [0.717, 1.165) is 0 Å². The minimum Gasteiger partial charge on any atom is -0.388 e. The molecule has 0 amide bonds. The normalized spacial score (nSPS) is 15.6. The first-order valence-electron chi connectivity index (χ1n) is 3.86.